The number of benzene rings is 2. The first-order chi connectivity index (χ1) is 13.3. The number of aliphatic imine (C=N–C) groups is 1. The molecule has 0 unspecified atom stereocenters. The van der Waals surface area contributed by atoms with Crippen LogP contribution in [0, 0.1) is 0 Å². The molecule has 0 radical (unpaired) electrons. The van der Waals surface area contributed by atoms with Crippen molar-refractivity contribution in [1.29, 1.82) is 0 Å². The van der Waals surface area contributed by atoms with E-state index in [9.17, 15) is 18.3 Å². The molecule has 28 heavy (non-hydrogen) atoms. The summed E-state index contributed by atoms with van der Waals surface area (Å²) in [5.74, 6) is 1.31. The van der Waals surface area contributed by atoms with Crippen LogP contribution in [0.15, 0.2) is 47.5 Å². The summed E-state index contributed by atoms with van der Waals surface area (Å²) in [5.41, 5.74) is 0.762. The van der Waals surface area contributed by atoms with Crippen molar-refractivity contribution in [2.75, 3.05) is 20.2 Å². The minimum atomic E-state index is -4.33. The first-order valence-electron chi connectivity index (χ1n) is 8.87. The van der Waals surface area contributed by atoms with Gasteiger partial charge in [0.2, 0.25) is 0 Å². The lowest BCUT2D eigenvalue weighted by molar-refractivity contribution is -0.137. The maximum absolute atomic E-state index is 12.6. The molecule has 2 aromatic rings. The highest BCUT2D eigenvalue weighted by atomic mass is 19.4. The van der Waals surface area contributed by atoms with Gasteiger partial charge in [0.25, 0.3) is 0 Å². The number of aromatic hydroxyl groups is 1. The zero-order chi connectivity index (χ0) is 20.6. The van der Waals surface area contributed by atoms with Gasteiger partial charge in [0.15, 0.2) is 5.96 Å². The fraction of sp³-hybridized carbons (Fsp3) is 0.350. The largest absolute Gasteiger partial charge is 0.508 e. The van der Waals surface area contributed by atoms with E-state index < -0.39 is 11.7 Å². The molecular weight excluding hydrogens is 371 g/mol. The Morgan fingerprint density at radius 2 is 1.82 bits per heavy atom. The van der Waals surface area contributed by atoms with Crippen molar-refractivity contribution in [1.82, 2.24) is 10.6 Å². The summed E-state index contributed by atoms with van der Waals surface area (Å²) >= 11 is 0. The highest BCUT2D eigenvalue weighted by molar-refractivity contribution is 5.79. The smallest absolute Gasteiger partial charge is 0.416 e. The lowest BCUT2D eigenvalue weighted by Crippen LogP contribution is -2.38. The van der Waals surface area contributed by atoms with E-state index in [-0.39, 0.29) is 12.3 Å². The molecule has 0 spiro atoms. The van der Waals surface area contributed by atoms with Crippen LogP contribution in [-0.2, 0) is 19.1 Å². The molecule has 8 heteroatoms. The van der Waals surface area contributed by atoms with E-state index in [1.165, 1.54) is 12.1 Å². The van der Waals surface area contributed by atoms with Crippen LogP contribution < -0.4 is 15.4 Å². The lowest BCUT2D eigenvalue weighted by atomic mass is 10.1. The Labute approximate surface area is 162 Å². The molecule has 0 aliphatic heterocycles. The van der Waals surface area contributed by atoms with Gasteiger partial charge in [-0.2, -0.15) is 13.2 Å². The molecule has 3 N–H and O–H groups in total. The Morgan fingerprint density at radius 1 is 1.11 bits per heavy atom. The maximum atomic E-state index is 12.6. The standard InChI is InChI=1S/C20H24F3N3O2/c1-3-24-19(26-13-15-12-17(28-2)8-9-18(15)27)25-11-10-14-4-6-16(7-5-14)20(21,22)23/h4-9,12,27H,3,10-11,13H2,1-2H3,(H2,24,25,26). The molecule has 0 saturated carbocycles. The summed E-state index contributed by atoms with van der Waals surface area (Å²) in [5, 5.41) is 16.2. The normalized spacial score (nSPS) is 12.0. The number of alkyl halides is 3. The molecule has 0 atom stereocenters. The molecule has 0 saturated heterocycles. The van der Waals surface area contributed by atoms with Gasteiger partial charge in [-0.25, -0.2) is 4.99 Å². The van der Waals surface area contributed by atoms with E-state index in [2.05, 4.69) is 15.6 Å². The predicted molar refractivity (Wildman–Crippen MR) is 103 cm³/mol. The van der Waals surface area contributed by atoms with Gasteiger partial charge in [0, 0.05) is 18.7 Å². The van der Waals surface area contributed by atoms with Gasteiger partial charge in [-0.3, -0.25) is 0 Å². The Balaban J connectivity index is 1.94. The summed E-state index contributed by atoms with van der Waals surface area (Å²) in [6, 6.07) is 10.0. The number of ether oxygens (including phenoxy) is 1. The van der Waals surface area contributed by atoms with E-state index in [0.717, 1.165) is 17.7 Å². The van der Waals surface area contributed by atoms with Gasteiger partial charge >= 0.3 is 6.18 Å². The van der Waals surface area contributed by atoms with Crippen LogP contribution in [0.3, 0.4) is 0 Å². The molecule has 0 heterocycles. The van der Waals surface area contributed by atoms with E-state index in [4.69, 9.17) is 4.74 Å². The minimum Gasteiger partial charge on any atom is -0.508 e. The summed E-state index contributed by atoms with van der Waals surface area (Å²) < 4.78 is 42.9. The van der Waals surface area contributed by atoms with Crippen LogP contribution in [0.5, 0.6) is 11.5 Å². The SMILES string of the molecule is CCNC(=NCc1cc(OC)ccc1O)NCCc1ccc(C(F)(F)F)cc1. The van der Waals surface area contributed by atoms with Crippen LogP contribution >= 0.6 is 0 Å². The van der Waals surface area contributed by atoms with Gasteiger partial charge in [0.05, 0.1) is 19.2 Å². The summed E-state index contributed by atoms with van der Waals surface area (Å²) in [4.78, 5) is 4.43. The monoisotopic (exact) mass is 395 g/mol. The summed E-state index contributed by atoms with van der Waals surface area (Å²) in [7, 11) is 1.55. The van der Waals surface area contributed by atoms with Crippen LogP contribution in [0.25, 0.3) is 0 Å². The van der Waals surface area contributed by atoms with Crippen molar-refractivity contribution in [3.05, 3.63) is 59.2 Å². The van der Waals surface area contributed by atoms with E-state index in [1.807, 2.05) is 6.92 Å². The molecule has 0 bridgehead atoms. The number of halogens is 3. The molecule has 0 fully saturated rings. The number of nitrogens with zero attached hydrogens (tertiary/aromatic N) is 1. The van der Waals surface area contributed by atoms with Crippen molar-refractivity contribution in [3.63, 3.8) is 0 Å². The lowest BCUT2D eigenvalue weighted by Gasteiger charge is -2.12. The minimum absolute atomic E-state index is 0.130. The molecule has 5 nitrogen and oxygen atoms in total. The third kappa shape index (κ3) is 6.37. The molecule has 2 aromatic carbocycles. The van der Waals surface area contributed by atoms with E-state index in [0.29, 0.717) is 36.8 Å². The Hall–Kier alpha value is -2.90. The number of hydrogen-bond donors (Lipinski definition) is 3. The molecule has 0 amide bonds. The fourth-order valence-electron chi connectivity index (χ4n) is 2.51. The van der Waals surface area contributed by atoms with Gasteiger partial charge in [-0.05, 0) is 49.2 Å². The van der Waals surface area contributed by atoms with E-state index >= 15 is 0 Å². The number of rotatable bonds is 7. The predicted octanol–water partition coefficient (Wildman–Crippen LogP) is 3.72. The van der Waals surface area contributed by atoms with Crippen molar-refractivity contribution >= 4 is 5.96 Å². The third-order valence-electron chi connectivity index (χ3n) is 4.03. The first-order valence-corrected chi connectivity index (χ1v) is 8.87. The Morgan fingerprint density at radius 3 is 2.43 bits per heavy atom. The number of phenolic OH excluding ortho intramolecular Hbond substituents is 1. The third-order valence-corrected chi connectivity index (χ3v) is 4.03. The number of hydrogen-bond acceptors (Lipinski definition) is 3. The van der Waals surface area contributed by atoms with Gasteiger partial charge in [-0.15, -0.1) is 0 Å². The Kier molecular flexibility index (Phi) is 7.54. The van der Waals surface area contributed by atoms with Crippen molar-refractivity contribution in [2.24, 2.45) is 4.99 Å². The van der Waals surface area contributed by atoms with Crippen LogP contribution in [0.4, 0.5) is 13.2 Å². The van der Waals surface area contributed by atoms with Crippen molar-refractivity contribution in [3.8, 4) is 11.5 Å². The van der Waals surface area contributed by atoms with Gasteiger partial charge in [0.1, 0.15) is 11.5 Å². The number of phenols is 1. The van der Waals surface area contributed by atoms with Crippen molar-refractivity contribution in [2.45, 2.75) is 26.1 Å². The molecule has 152 valence electrons. The van der Waals surface area contributed by atoms with Gasteiger partial charge < -0.3 is 20.5 Å². The molecule has 0 aromatic heterocycles. The number of nitrogens with one attached hydrogen (secondary N) is 2. The second-order valence-corrected chi connectivity index (χ2v) is 6.06. The maximum Gasteiger partial charge on any atom is 0.416 e. The zero-order valence-corrected chi connectivity index (χ0v) is 15.8. The van der Waals surface area contributed by atoms with Crippen LogP contribution in [-0.4, -0.2) is 31.3 Å². The molecule has 0 aliphatic rings. The number of methoxy groups -OCH3 is 1. The average molecular weight is 395 g/mol. The molecular formula is C20H24F3N3O2. The Bertz CT molecular complexity index is 790. The highest BCUT2D eigenvalue weighted by Crippen LogP contribution is 2.29. The quantitative estimate of drug-likeness (QED) is 0.494. The topological polar surface area (TPSA) is 65.9 Å². The highest BCUT2D eigenvalue weighted by Gasteiger charge is 2.29. The summed E-state index contributed by atoms with van der Waals surface area (Å²) in [6.45, 7) is 3.33. The average Bonchev–Trinajstić information content (AvgIpc) is 2.67. The van der Waals surface area contributed by atoms with Crippen LogP contribution in [0.2, 0.25) is 0 Å². The summed E-state index contributed by atoms with van der Waals surface area (Å²) in [6.07, 6.45) is -3.78. The second kappa shape index (κ2) is 9.87. The van der Waals surface area contributed by atoms with E-state index in [1.54, 1.807) is 25.3 Å². The van der Waals surface area contributed by atoms with Crippen molar-refractivity contribution < 1.29 is 23.0 Å². The van der Waals surface area contributed by atoms with Crippen LogP contribution in [0.1, 0.15) is 23.6 Å². The fourth-order valence-corrected chi connectivity index (χ4v) is 2.51. The first kappa shape index (κ1) is 21.4. The molecule has 2 rings (SSSR count). The molecule has 0 aliphatic carbocycles. The zero-order valence-electron chi connectivity index (χ0n) is 15.8. The van der Waals surface area contributed by atoms with Gasteiger partial charge in [-0.1, -0.05) is 12.1 Å². The second-order valence-electron chi connectivity index (χ2n) is 6.06. The number of guanidine groups is 1.